The molecule has 0 aliphatic heterocycles. The van der Waals surface area contributed by atoms with E-state index in [9.17, 15) is 10.2 Å². The van der Waals surface area contributed by atoms with Crippen molar-refractivity contribution in [2.75, 3.05) is 12.3 Å². The molecule has 0 spiro atoms. The van der Waals surface area contributed by atoms with Crippen molar-refractivity contribution < 1.29 is 15.3 Å². The molecular formula is C11H18N2O3. The number of hydrogen-bond acceptors (Lipinski definition) is 5. The SMILES string of the molecule is NCCC(O)C(O)c1ccc(N)c(CO)c1. The van der Waals surface area contributed by atoms with Crippen LogP contribution < -0.4 is 11.5 Å². The second-order valence-corrected chi connectivity index (χ2v) is 3.71. The zero-order valence-corrected chi connectivity index (χ0v) is 9.00. The average molecular weight is 226 g/mol. The first-order valence-corrected chi connectivity index (χ1v) is 5.15. The van der Waals surface area contributed by atoms with E-state index in [-0.39, 0.29) is 6.61 Å². The van der Waals surface area contributed by atoms with Crippen molar-refractivity contribution in [3.05, 3.63) is 29.3 Å². The van der Waals surface area contributed by atoms with Crippen LogP contribution in [0.2, 0.25) is 0 Å². The minimum Gasteiger partial charge on any atom is -0.398 e. The van der Waals surface area contributed by atoms with Crippen LogP contribution in [-0.4, -0.2) is 28.0 Å². The van der Waals surface area contributed by atoms with Crippen LogP contribution in [-0.2, 0) is 6.61 Å². The van der Waals surface area contributed by atoms with Gasteiger partial charge in [-0.15, -0.1) is 0 Å². The predicted molar refractivity (Wildman–Crippen MR) is 61.4 cm³/mol. The van der Waals surface area contributed by atoms with Gasteiger partial charge in [0.25, 0.3) is 0 Å². The third-order valence-corrected chi connectivity index (χ3v) is 2.51. The van der Waals surface area contributed by atoms with Crippen molar-refractivity contribution in [1.82, 2.24) is 0 Å². The number of anilines is 1. The van der Waals surface area contributed by atoms with E-state index in [1.54, 1.807) is 18.2 Å². The Morgan fingerprint density at radius 2 is 1.94 bits per heavy atom. The highest BCUT2D eigenvalue weighted by Crippen LogP contribution is 2.22. The second-order valence-electron chi connectivity index (χ2n) is 3.71. The third-order valence-electron chi connectivity index (χ3n) is 2.51. The van der Waals surface area contributed by atoms with Crippen LogP contribution >= 0.6 is 0 Å². The van der Waals surface area contributed by atoms with E-state index >= 15 is 0 Å². The lowest BCUT2D eigenvalue weighted by Crippen LogP contribution is -2.22. The Hall–Kier alpha value is -1.14. The fraction of sp³-hybridized carbons (Fsp3) is 0.455. The Morgan fingerprint density at radius 3 is 2.50 bits per heavy atom. The molecular weight excluding hydrogens is 208 g/mol. The van der Waals surface area contributed by atoms with Crippen molar-refractivity contribution >= 4 is 5.69 Å². The summed E-state index contributed by atoms with van der Waals surface area (Å²) >= 11 is 0. The van der Waals surface area contributed by atoms with E-state index in [4.69, 9.17) is 16.6 Å². The molecule has 0 fully saturated rings. The van der Waals surface area contributed by atoms with Crippen LogP contribution in [0.5, 0.6) is 0 Å². The van der Waals surface area contributed by atoms with Crippen molar-refractivity contribution in [3.8, 4) is 0 Å². The number of nitrogens with two attached hydrogens (primary N) is 2. The average Bonchev–Trinajstić information content (AvgIpc) is 2.29. The van der Waals surface area contributed by atoms with Gasteiger partial charge in [-0.25, -0.2) is 0 Å². The van der Waals surface area contributed by atoms with Crippen molar-refractivity contribution in [3.63, 3.8) is 0 Å². The smallest absolute Gasteiger partial charge is 0.105 e. The fourth-order valence-corrected chi connectivity index (χ4v) is 1.50. The number of hydrogen-bond donors (Lipinski definition) is 5. The lowest BCUT2D eigenvalue weighted by Gasteiger charge is -2.18. The van der Waals surface area contributed by atoms with Crippen molar-refractivity contribution in [2.45, 2.75) is 25.2 Å². The predicted octanol–water partition coefficient (Wildman–Crippen LogP) is -0.496. The van der Waals surface area contributed by atoms with E-state index < -0.39 is 12.2 Å². The Balaban J connectivity index is 2.87. The minimum atomic E-state index is -1.01. The van der Waals surface area contributed by atoms with E-state index in [1.807, 2.05) is 0 Å². The maximum atomic E-state index is 9.80. The highest BCUT2D eigenvalue weighted by atomic mass is 16.3. The molecule has 2 atom stereocenters. The van der Waals surface area contributed by atoms with Crippen LogP contribution in [0.3, 0.4) is 0 Å². The topological polar surface area (TPSA) is 113 Å². The quantitative estimate of drug-likeness (QED) is 0.435. The number of nitrogen functional groups attached to an aromatic ring is 1. The van der Waals surface area contributed by atoms with E-state index in [1.165, 1.54) is 0 Å². The molecule has 5 heteroatoms. The van der Waals surface area contributed by atoms with Crippen LogP contribution in [0.4, 0.5) is 5.69 Å². The van der Waals surface area contributed by atoms with Gasteiger partial charge in [-0.2, -0.15) is 0 Å². The lowest BCUT2D eigenvalue weighted by atomic mass is 9.99. The van der Waals surface area contributed by atoms with Crippen LogP contribution in [0, 0.1) is 0 Å². The van der Waals surface area contributed by atoms with E-state index in [2.05, 4.69) is 0 Å². The molecule has 1 rings (SSSR count). The summed E-state index contributed by atoms with van der Waals surface area (Å²) in [4.78, 5) is 0. The van der Waals surface area contributed by atoms with Gasteiger partial charge < -0.3 is 26.8 Å². The molecule has 0 aromatic heterocycles. The van der Waals surface area contributed by atoms with Gasteiger partial charge in [-0.05, 0) is 30.7 Å². The zero-order chi connectivity index (χ0) is 12.1. The summed E-state index contributed by atoms with van der Waals surface area (Å²) in [7, 11) is 0. The fourth-order valence-electron chi connectivity index (χ4n) is 1.50. The molecule has 0 saturated heterocycles. The van der Waals surface area contributed by atoms with Gasteiger partial charge in [0.15, 0.2) is 0 Å². The normalized spacial score (nSPS) is 14.8. The minimum absolute atomic E-state index is 0.195. The molecule has 5 nitrogen and oxygen atoms in total. The summed E-state index contributed by atoms with van der Waals surface area (Å²) in [5.74, 6) is 0. The molecule has 7 N–H and O–H groups in total. The van der Waals surface area contributed by atoms with Gasteiger partial charge in [-0.1, -0.05) is 6.07 Å². The summed E-state index contributed by atoms with van der Waals surface area (Å²) in [6, 6.07) is 4.80. The summed E-state index contributed by atoms with van der Waals surface area (Å²) in [6.45, 7) is 0.111. The molecule has 0 radical (unpaired) electrons. The van der Waals surface area contributed by atoms with E-state index in [0.717, 1.165) is 0 Å². The molecule has 1 aromatic rings. The maximum Gasteiger partial charge on any atom is 0.105 e. The molecule has 0 bridgehead atoms. The van der Waals surface area contributed by atoms with Crippen LogP contribution in [0.25, 0.3) is 0 Å². The van der Waals surface area contributed by atoms with Crippen LogP contribution in [0.15, 0.2) is 18.2 Å². The first-order chi connectivity index (χ1) is 7.60. The van der Waals surface area contributed by atoms with Gasteiger partial charge in [0.1, 0.15) is 6.10 Å². The van der Waals surface area contributed by atoms with Crippen molar-refractivity contribution in [2.24, 2.45) is 5.73 Å². The van der Waals surface area contributed by atoms with Gasteiger partial charge in [0.2, 0.25) is 0 Å². The highest BCUT2D eigenvalue weighted by Gasteiger charge is 2.18. The van der Waals surface area contributed by atoms with Crippen LogP contribution in [0.1, 0.15) is 23.7 Å². The highest BCUT2D eigenvalue weighted by molar-refractivity contribution is 5.48. The molecule has 0 saturated carbocycles. The van der Waals surface area contributed by atoms with E-state index in [0.29, 0.717) is 29.8 Å². The Bertz CT molecular complexity index is 344. The summed E-state index contributed by atoms with van der Waals surface area (Å²) < 4.78 is 0. The molecule has 0 amide bonds. The lowest BCUT2D eigenvalue weighted by molar-refractivity contribution is 0.0149. The molecule has 2 unspecified atom stereocenters. The standard InChI is InChI=1S/C11H18N2O3/c12-4-3-10(15)11(16)7-1-2-9(13)8(5-7)6-14/h1-2,5,10-11,14-16H,3-4,6,12-13H2. The monoisotopic (exact) mass is 226 g/mol. The number of aliphatic hydroxyl groups excluding tert-OH is 3. The van der Waals surface area contributed by atoms with Crippen molar-refractivity contribution in [1.29, 1.82) is 0 Å². The Labute approximate surface area is 94.3 Å². The maximum absolute atomic E-state index is 9.80. The van der Waals surface area contributed by atoms with Gasteiger partial charge >= 0.3 is 0 Å². The summed E-state index contributed by atoms with van der Waals surface area (Å²) in [5, 5.41) is 28.4. The summed E-state index contributed by atoms with van der Waals surface area (Å²) in [5.41, 5.74) is 12.4. The summed E-state index contributed by atoms with van der Waals surface area (Å²) in [6.07, 6.45) is -1.59. The zero-order valence-electron chi connectivity index (χ0n) is 9.00. The number of aliphatic hydroxyl groups is 3. The molecule has 16 heavy (non-hydrogen) atoms. The molecule has 0 aliphatic rings. The van der Waals surface area contributed by atoms with Gasteiger partial charge in [0.05, 0.1) is 12.7 Å². The first-order valence-electron chi connectivity index (χ1n) is 5.15. The largest absolute Gasteiger partial charge is 0.398 e. The molecule has 0 aliphatic carbocycles. The number of benzene rings is 1. The Morgan fingerprint density at radius 1 is 1.25 bits per heavy atom. The Kier molecular flexibility index (Phi) is 4.70. The first kappa shape index (κ1) is 12.9. The number of rotatable bonds is 5. The van der Waals surface area contributed by atoms with Gasteiger partial charge in [-0.3, -0.25) is 0 Å². The van der Waals surface area contributed by atoms with Gasteiger partial charge in [0, 0.05) is 11.3 Å². The third kappa shape index (κ3) is 2.93. The second kappa shape index (κ2) is 5.81. The molecule has 90 valence electrons. The molecule has 0 heterocycles. The molecule has 1 aromatic carbocycles.